The Balaban J connectivity index is 1.42. The number of piperidine rings is 1. The fraction of sp³-hybridized carbons (Fsp3) is 0.600. The largest absolute Gasteiger partial charge is 0.356 e. The van der Waals surface area contributed by atoms with Crippen LogP contribution in [0.5, 0.6) is 0 Å². The van der Waals surface area contributed by atoms with Crippen molar-refractivity contribution in [2.24, 2.45) is 10.3 Å². The van der Waals surface area contributed by atoms with E-state index in [9.17, 15) is 13.2 Å². The first kappa shape index (κ1) is 24.0. The highest BCUT2D eigenvalue weighted by molar-refractivity contribution is 8.00. The van der Waals surface area contributed by atoms with Gasteiger partial charge in [0.1, 0.15) is 10.7 Å². The minimum atomic E-state index is -3.73. The highest BCUT2D eigenvalue weighted by Gasteiger charge is 2.36. The molecule has 1 aromatic rings. The summed E-state index contributed by atoms with van der Waals surface area (Å²) in [7, 11) is -3.73. The maximum absolute atomic E-state index is 13.1. The number of likely N-dealkylation sites (tertiary alicyclic amines) is 1. The highest BCUT2D eigenvalue weighted by atomic mass is 32.2. The van der Waals surface area contributed by atoms with Crippen LogP contribution in [-0.2, 0) is 14.8 Å². The number of benzene rings is 1. The van der Waals surface area contributed by atoms with Gasteiger partial charge < -0.3 is 9.80 Å². The van der Waals surface area contributed by atoms with Crippen molar-refractivity contribution in [3.05, 3.63) is 40.5 Å². The van der Waals surface area contributed by atoms with E-state index >= 15 is 0 Å². The molecule has 0 unspecified atom stereocenters. The standard InChI is InChI=1S/C25H36N4O3S/c1-5-10-27-13-15-29(16-14-27)25(30)21-8-11-28(12-9-21)24-20(4)23(33(31,32)26-24)22-7-6-18(2)19(3)17-22/h6-7,17,21H,5,8-16H2,1-4H3. The topological polar surface area (TPSA) is 73.3 Å². The molecule has 0 bridgehead atoms. The Morgan fingerprint density at radius 3 is 2.27 bits per heavy atom. The smallest absolute Gasteiger partial charge is 0.285 e. The van der Waals surface area contributed by atoms with E-state index in [1.165, 1.54) is 0 Å². The summed E-state index contributed by atoms with van der Waals surface area (Å²) in [5, 5.41) is 0. The molecule has 0 saturated carbocycles. The Bertz CT molecular complexity index is 1080. The van der Waals surface area contributed by atoms with Crippen molar-refractivity contribution in [1.82, 2.24) is 14.7 Å². The van der Waals surface area contributed by atoms with Gasteiger partial charge in [0.05, 0.1) is 0 Å². The third-order valence-electron chi connectivity index (χ3n) is 7.28. The molecule has 7 nitrogen and oxygen atoms in total. The zero-order chi connectivity index (χ0) is 23.8. The SMILES string of the molecule is CCCN1CCN(C(=O)C2CCN(C3=NS(=O)(=O)C(c4ccc(C)c(C)c4)=C3C)CC2)CC1. The Kier molecular flexibility index (Phi) is 6.96. The predicted octanol–water partition coefficient (Wildman–Crippen LogP) is 3.04. The lowest BCUT2D eigenvalue weighted by molar-refractivity contribution is -0.138. The molecule has 0 atom stereocenters. The summed E-state index contributed by atoms with van der Waals surface area (Å²) in [5.41, 5.74) is 3.59. The molecule has 33 heavy (non-hydrogen) atoms. The number of piperazine rings is 1. The molecular formula is C25H36N4O3S. The van der Waals surface area contributed by atoms with E-state index in [2.05, 4.69) is 16.2 Å². The summed E-state index contributed by atoms with van der Waals surface area (Å²) in [6.45, 7) is 14.0. The molecule has 3 heterocycles. The first-order valence-electron chi connectivity index (χ1n) is 12.1. The van der Waals surface area contributed by atoms with E-state index in [1.54, 1.807) is 0 Å². The molecule has 0 aliphatic carbocycles. The molecule has 3 aliphatic rings. The van der Waals surface area contributed by atoms with Crippen molar-refractivity contribution in [1.29, 1.82) is 0 Å². The van der Waals surface area contributed by atoms with Crippen molar-refractivity contribution in [3.8, 4) is 0 Å². The average molecular weight is 473 g/mol. The van der Waals surface area contributed by atoms with Crippen molar-refractivity contribution in [3.63, 3.8) is 0 Å². The van der Waals surface area contributed by atoms with E-state index in [0.717, 1.165) is 63.1 Å². The molecule has 3 aliphatic heterocycles. The van der Waals surface area contributed by atoms with Gasteiger partial charge in [-0.15, -0.1) is 4.40 Å². The Hall–Kier alpha value is -2.19. The van der Waals surface area contributed by atoms with Gasteiger partial charge in [-0.1, -0.05) is 25.1 Å². The van der Waals surface area contributed by atoms with Crippen LogP contribution in [-0.4, -0.2) is 80.7 Å². The summed E-state index contributed by atoms with van der Waals surface area (Å²) >= 11 is 0. The third-order valence-corrected chi connectivity index (χ3v) is 8.75. The van der Waals surface area contributed by atoms with Gasteiger partial charge in [-0.05, 0) is 63.3 Å². The lowest BCUT2D eigenvalue weighted by atomic mass is 9.94. The summed E-state index contributed by atoms with van der Waals surface area (Å²) in [6, 6.07) is 5.75. The van der Waals surface area contributed by atoms with Gasteiger partial charge in [0.15, 0.2) is 0 Å². The van der Waals surface area contributed by atoms with Crippen LogP contribution in [0.1, 0.15) is 49.8 Å². The molecule has 1 aromatic carbocycles. The second kappa shape index (κ2) is 9.58. The van der Waals surface area contributed by atoms with Crippen LogP contribution in [0.25, 0.3) is 4.91 Å². The molecule has 0 N–H and O–H groups in total. The van der Waals surface area contributed by atoms with Crippen molar-refractivity contribution in [2.45, 2.75) is 47.0 Å². The Morgan fingerprint density at radius 2 is 1.67 bits per heavy atom. The molecule has 2 saturated heterocycles. The summed E-state index contributed by atoms with van der Waals surface area (Å²) in [6.07, 6.45) is 2.61. The Labute approximate surface area is 198 Å². The number of sulfonamides is 1. The lowest BCUT2D eigenvalue weighted by Crippen LogP contribution is -2.52. The molecule has 180 valence electrons. The highest BCUT2D eigenvalue weighted by Crippen LogP contribution is 2.35. The van der Waals surface area contributed by atoms with Crippen molar-refractivity contribution in [2.75, 3.05) is 45.8 Å². The quantitative estimate of drug-likeness (QED) is 0.674. The number of nitrogens with zero attached hydrogens (tertiary/aromatic N) is 4. The normalized spacial score (nSPS) is 22.1. The minimum Gasteiger partial charge on any atom is -0.356 e. The molecule has 8 heteroatoms. The molecule has 0 spiro atoms. The zero-order valence-electron chi connectivity index (χ0n) is 20.3. The average Bonchev–Trinajstić information content (AvgIpc) is 3.04. The summed E-state index contributed by atoms with van der Waals surface area (Å²) in [5.74, 6) is 0.818. The first-order chi connectivity index (χ1) is 15.7. The molecule has 0 radical (unpaired) electrons. The molecule has 2 fully saturated rings. The number of amidine groups is 1. The fourth-order valence-corrected chi connectivity index (χ4v) is 6.64. The van der Waals surface area contributed by atoms with Crippen LogP contribution in [0.2, 0.25) is 0 Å². The number of amides is 1. The number of hydrogen-bond donors (Lipinski definition) is 0. The number of aryl methyl sites for hydroxylation is 2. The minimum absolute atomic E-state index is 0.0149. The van der Waals surface area contributed by atoms with E-state index in [0.29, 0.717) is 35.0 Å². The summed E-state index contributed by atoms with van der Waals surface area (Å²) in [4.78, 5) is 19.9. The van der Waals surface area contributed by atoms with Gasteiger partial charge in [-0.25, -0.2) is 0 Å². The predicted molar refractivity (Wildman–Crippen MR) is 132 cm³/mol. The molecule has 4 rings (SSSR count). The molecule has 1 amide bonds. The van der Waals surface area contributed by atoms with Crippen LogP contribution in [0, 0.1) is 19.8 Å². The monoisotopic (exact) mass is 472 g/mol. The Morgan fingerprint density at radius 1 is 1.00 bits per heavy atom. The van der Waals surface area contributed by atoms with Crippen LogP contribution in [0.15, 0.2) is 28.2 Å². The van der Waals surface area contributed by atoms with Gasteiger partial charge in [0, 0.05) is 50.8 Å². The lowest BCUT2D eigenvalue weighted by Gasteiger charge is -2.39. The number of carbonyl (C=O) groups excluding carboxylic acids is 1. The van der Waals surface area contributed by atoms with Gasteiger partial charge in [0.2, 0.25) is 5.91 Å². The zero-order valence-corrected chi connectivity index (χ0v) is 21.1. The maximum Gasteiger partial charge on any atom is 0.285 e. The van der Waals surface area contributed by atoms with Crippen LogP contribution in [0.3, 0.4) is 0 Å². The maximum atomic E-state index is 13.1. The van der Waals surface area contributed by atoms with Crippen LogP contribution in [0.4, 0.5) is 0 Å². The third kappa shape index (κ3) is 4.87. The second-order valence-corrected chi connectivity index (χ2v) is 11.1. The summed E-state index contributed by atoms with van der Waals surface area (Å²) < 4.78 is 30.0. The van der Waals surface area contributed by atoms with Crippen LogP contribution >= 0.6 is 0 Å². The van der Waals surface area contributed by atoms with E-state index < -0.39 is 10.0 Å². The molecular weight excluding hydrogens is 436 g/mol. The van der Waals surface area contributed by atoms with Gasteiger partial charge in [-0.2, -0.15) is 8.42 Å². The second-order valence-electron chi connectivity index (χ2n) is 9.57. The van der Waals surface area contributed by atoms with Crippen molar-refractivity contribution >= 4 is 26.7 Å². The van der Waals surface area contributed by atoms with E-state index in [4.69, 9.17) is 0 Å². The number of carbonyl (C=O) groups is 1. The van der Waals surface area contributed by atoms with Crippen LogP contribution < -0.4 is 0 Å². The van der Waals surface area contributed by atoms with Gasteiger partial charge in [0.25, 0.3) is 10.0 Å². The number of rotatable bonds is 4. The molecule has 0 aromatic heterocycles. The van der Waals surface area contributed by atoms with Gasteiger partial charge in [-0.3, -0.25) is 9.69 Å². The fourth-order valence-electron chi connectivity index (χ4n) is 5.17. The number of hydrogen-bond acceptors (Lipinski definition) is 5. The van der Waals surface area contributed by atoms with E-state index in [-0.39, 0.29) is 11.8 Å². The first-order valence-corrected chi connectivity index (χ1v) is 13.5. The van der Waals surface area contributed by atoms with Gasteiger partial charge >= 0.3 is 0 Å². The van der Waals surface area contributed by atoms with E-state index in [1.807, 2.05) is 48.8 Å². The van der Waals surface area contributed by atoms with Crippen molar-refractivity contribution < 1.29 is 13.2 Å².